The molecule has 0 radical (unpaired) electrons. The van der Waals surface area contributed by atoms with Crippen LogP contribution < -0.4 is 5.32 Å². The van der Waals surface area contributed by atoms with E-state index in [1.165, 1.54) is 32.4 Å². The average molecular weight is 212 g/mol. The second-order valence-corrected chi connectivity index (χ2v) is 5.34. The van der Waals surface area contributed by atoms with Gasteiger partial charge in [-0.3, -0.25) is 0 Å². The fourth-order valence-electron chi connectivity index (χ4n) is 2.95. The molecule has 0 spiro atoms. The van der Waals surface area contributed by atoms with Crippen molar-refractivity contribution in [3.05, 3.63) is 0 Å². The van der Waals surface area contributed by atoms with Crippen molar-refractivity contribution in [3.8, 4) is 0 Å². The molecule has 2 aliphatic heterocycles. The van der Waals surface area contributed by atoms with E-state index in [-0.39, 0.29) is 0 Å². The molecule has 88 valence electrons. The molecule has 3 nitrogen and oxygen atoms in total. The predicted molar refractivity (Wildman–Crippen MR) is 62.1 cm³/mol. The molecular formula is C12H24N2O. The largest absolute Gasteiger partial charge is 0.375 e. The summed E-state index contributed by atoms with van der Waals surface area (Å²) in [5.74, 6) is 0. The first-order valence-electron chi connectivity index (χ1n) is 6.23. The van der Waals surface area contributed by atoms with E-state index in [2.05, 4.69) is 31.1 Å². The van der Waals surface area contributed by atoms with E-state index in [1.54, 1.807) is 0 Å². The van der Waals surface area contributed by atoms with E-state index in [0.29, 0.717) is 24.3 Å². The van der Waals surface area contributed by atoms with Crippen LogP contribution >= 0.6 is 0 Å². The highest BCUT2D eigenvalue weighted by atomic mass is 16.5. The molecule has 0 unspecified atom stereocenters. The van der Waals surface area contributed by atoms with Crippen LogP contribution in [-0.2, 0) is 4.74 Å². The lowest BCUT2D eigenvalue weighted by Gasteiger charge is -2.34. The summed E-state index contributed by atoms with van der Waals surface area (Å²) in [6, 6.07) is 1.37. The molecular weight excluding hydrogens is 188 g/mol. The third-order valence-electron chi connectivity index (χ3n) is 3.56. The first-order chi connectivity index (χ1) is 7.13. The van der Waals surface area contributed by atoms with Crippen LogP contribution in [0.5, 0.6) is 0 Å². The third-order valence-corrected chi connectivity index (χ3v) is 3.56. The molecule has 2 heterocycles. The van der Waals surface area contributed by atoms with Crippen molar-refractivity contribution >= 4 is 0 Å². The van der Waals surface area contributed by atoms with Gasteiger partial charge in [0.15, 0.2) is 0 Å². The number of likely N-dealkylation sites (tertiary alicyclic amines) is 1. The molecule has 15 heavy (non-hydrogen) atoms. The van der Waals surface area contributed by atoms with Crippen LogP contribution in [0.1, 0.15) is 33.1 Å². The molecule has 2 fully saturated rings. The summed E-state index contributed by atoms with van der Waals surface area (Å²) in [6.07, 6.45) is 4.49. The SMILES string of the molecule is C[C@H]1CC(N[C@@H]2CCN(C)C2)C[C@H](C)O1. The van der Waals surface area contributed by atoms with Crippen LogP contribution in [0, 0.1) is 0 Å². The Bertz CT molecular complexity index is 200. The molecule has 0 aromatic heterocycles. The number of hydrogen-bond donors (Lipinski definition) is 1. The summed E-state index contributed by atoms with van der Waals surface area (Å²) in [7, 11) is 2.21. The van der Waals surface area contributed by atoms with E-state index in [0.717, 1.165) is 0 Å². The number of likely N-dealkylation sites (N-methyl/N-ethyl adjacent to an activating group) is 1. The maximum absolute atomic E-state index is 5.75. The van der Waals surface area contributed by atoms with Crippen molar-refractivity contribution in [3.63, 3.8) is 0 Å². The van der Waals surface area contributed by atoms with Gasteiger partial charge in [-0.2, -0.15) is 0 Å². The van der Waals surface area contributed by atoms with Gasteiger partial charge in [0.05, 0.1) is 12.2 Å². The van der Waals surface area contributed by atoms with Gasteiger partial charge in [-0.25, -0.2) is 0 Å². The van der Waals surface area contributed by atoms with Crippen LogP contribution in [0.15, 0.2) is 0 Å². The Labute approximate surface area is 93.2 Å². The number of nitrogens with one attached hydrogen (secondary N) is 1. The Kier molecular flexibility index (Phi) is 3.65. The normalized spacial score (nSPS) is 43.4. The zero-order valence-electron chi connectivity index (χ0n) is 10.2. The minimum Gasteiger partial charge on any atom is -0.375 e. The molecule has 3 heteroatoms. The Morgan fingerprint density at radius 3 is 2.33 bits per heavy atom. The summed E-state index contributed by atoms with van der Waals surface area (Å²) in [4.78, 5) is 2.41. The van der Waals surface area contributed by atoms with Gasteiger partial charge >= 0.3 is 0 Å². The zero-order valence-corrected chi connectivity index (χ0v) is 10.2. The molecule has 0 saturated carbocycles. The second-order valence-electron chi connectivity index (χ2n) is 5.34. The zero-order chi connectivity index (χ0) is 10.8. The summed E-state index contributed by atoms with van der Waals surface area (Å²) in [5, 5.41) is 3.79. The lowest BCUT2D eigenvalue weighted by atomic mass is 9.99. The van der Waals surface area contributed by atoms with Crippen molar-refractivity contribution in [2.75, 3.05) is 20.1 Å². The molecule has 2 saturated heterocycles. The number of hydrogen-bond acceptors (Lipinski definition) is 3. The summed E-state index contributed by atoms with van der Waals surface area (Å²) < 4.78 is 5.75. The lowest BCUT2D eigenvalue weighted by molar-refractivity contribution is -0.0433. The van der Waals surface area contributed by atoms with Gasteiger partial charge in [0.1, 0.15) is 0 Å². The van der Waals surface area contributed by atoms with E-state index in [9.17, 15) is 0 Å². The summed E-state index contributed by atoms with van der Waals surface area (Å²) in [5.41, 5.74) is 0. The van der Waals surface area contributed by atoms with Gasteiger partial charge in [-0.05, 0) is 46.7 Å². The Balaban J connectivity index is 1.78. The Hall–Kier alpha value is -0.120. The highest BCUT2D eigenvalue weighted by Crippen LogP contribution is 2.20. The van der Waals surface area contributed by atoms with Crippen LogP contribution in [0.2, 0.25) is 0 Å². The monoisotopic (exact) mass is 212 g/mol. The maximum atomic E-state index is 5.75. The van der Waals surface area contributed by atoms with Gasteiger partial charge in [-0.15, -0.1) is 0 Å². The Morgan fingerprint density at radius 2 is 1.80 bits per heavy atom. The highest BCUT2D eigenvalue weighted by Gasteiger charge is 2.28. The molecule has 2 rings (SSSR count). The molecule has 0 bridgehead atoms. The standard InChI is InChI=1S/C12H24N2O/c1-9-6-12(7-10(2)15-9)13-11-4-5-14(3)8-11/h9-13H,4-8H2,1-3H3/t9-,10-,11+/m0/s1. The molecule has 0 aromatic carbocycles. The highest BCUT2D eigenvalue weighted by molar-refractivity contribution is 4.86. The van der Waals surface area contributed by atoms with E-state index >= 15 is 0 Å². The number of rotatable bonds is 2. The van der Waals surface area contributed by atoms with Crippen LogP contribution in [0.4, 0.5) is 0 Å². The smallest absolute Gasteiger partial charge is 0.0565 e. The van der Waals surface area contributed by atoms with Gasteiger partial charge in [0, 0.05) is 18.6 Å². The molecule has 0 aliphatic carbocycles. The van der Waals surface area contributed by atoms with Crippen LogP contribution in [-0.4, -0.2) is 49.3 Å². The third kappa shape index (κ3) is 3.16. The van der Waals surface area contributed by atoms with E-state index < -0.39 is 0 Å². The van der Waals surface area contributed by atoms with E-state index in [1.807, 2.05) is 0 Å². The lowest BCUT2D eigenvalue weighted by Crippen LogP contribution is -2.46. The molecule has 3 atom stereocenters. The predicted octanol–water partition coefficient (Wildman–Crippen LogP) is 1.24. The minimum absolute atomic E-state index is 0.422. The minimum atomic E-state index is 0.422. The summed E-state index contributed by atoms with van der Waals surface area (Å²) >= 11 is 0. The van der Waals surface area contributed by atoms with Gasteiger partial charge < -0.3 is 15.0 Å². The van der Waals surface area contributed by atoms with Gasteiger partial charge in [0.2, 0.25) is 0 Å². The van der Waals surface area contributed by atoms with E-state index in [4.69, 9.17) is 4.74 Å². The fourth-order valence-corrected chi connectivity index (χ4v) is 2.95. The number of nitrogens with zero attached hydrogens (tertiary/aromatic N) is 1. The Morgan fingerprint density at radius 1 is 1.13 bits per heavy atom. The number of ether oxygens (including phenoxy) is 1. The summed E-state index contributed by atoms with van der Waals surface area (Å²) in [6.45, 7) is 6.82. The maximum Gasteiger partial charge on any atom is 0.0565 e. The molecule has 0 amide bonds. The molecule has 1 N–H and O–H groups in total. The fraction of sp³-hybridized carbons (Fsp3) is 1.00. The molecule has 2 aliphatic rings. The molecule has 0 aromatic rings. The average Bonchev–Trinajstić information content (AvgIpc) is 2.49. The van der Waals surface area contributed by atoms with Crippen molar-refractivity contribution in [2.45, 2.75) is 57.4 Å². The van der Waals surface area contributed by atoms with Crippen LogP contribution in [0.3, 0.4) is 0 Å². The van der Waals surface area contributed by atoms with Crippen molar-refractivity contribution in [1.82, 2.24) is 10.2 Å². The van der Waals surface area contributed by atoms with Crippen molar-refractivity contribution < 1.29 is 4.74 Å². The van der Waals surface area contributed by atoms with Gasteiger partial charge in [-0.1, -0.05) is 0 Å². The van der Waals surface area contributed by atoms with Crippen LogP contribution in [0.25, 0.3) is 0 Å². The van der Waals surface area contributed by atoms with Gasteiger partial charge in [0.25, 0.3) is 0 Å². The first-order valence-corrected chi connectivity index (χ1v) is 6.23. The first kappa shape index (κ1) is 11.4. The quantitative estimate of drug-likeness (QED) is 0.745. The van der Waals surface area contributed by atoms with Crippen molar-refractivity contribution in [2.24, 2.45) is 0 Å². The second kappa shape index (κ2) is 4.81. The topological polar surface area (TPSA) is 24.5 Å². The van der Waals surface area contributed by atoms with Crippen molar-refractivity contribution in [1.29, 1.82) is 0 Å².